The van der Waals surface area contributed by atoms with Gasteiger partial charge in [0, 0.05) is 21.1 Å². The Balaban J connectivity index is 1.91. The second kappa shape index (κ2) is 5.02. The zero-order valence-electron chi connectivity index (χ0n) is 10.5. The number of hydrogen-bond donors (Lipinski definition) is 3. The predicted octanol–water partition coefficient (Wildman–Crippen LogP) is 3.76. The summed E-state index contributed by atoms with van der Waals surface area (Å²) in [7, 11) is 0. The molecule has 3 rings (SSSR count). The van der Waals surface area contributed by atoms with Crippen LogP contribution in [0.15, 0.2) is 53.0 Å². The van der Waals surface area contributed by atoms with Gasteiger partial charge >= 0.3 is 0 Å². The van der Waals surface area contributed by atoms with Crippen molar-refractivity contribution in [2.45, 2.75) is 0 Å². The topological polar surface area (TPSA) is 70.9 Å². The number of H-pyrrole nitrogens is 1. The van der Waals surface area contributed by atoms with E-state index in [9.17, 15) is 4.79 Å². The van der Waals surface area contributed by atoms with E-state index in [1.54, 1.807) is 12.1 Å². The smallest absolute Gasteiger partial charge is 0.272 e. The number of anilines is 2. The lowest BCUT2D eigenvalue weighted by atomic mass is 10.2. The van der Waals surface area contributed by atoms with Crippen LogP contribution in [-0.2, 0) is 0 Å². The zero-order chi connectivity index (χ0) is 14.1. The second-order valence-electron chi connectivity index (χ2n) is 4.46. The first-order valence-corrected chi connectivity index (χ1v) is 6.87. The van der Waals surface area contributed by atoms with Gasteiger partial charge in [0.25, 0.3) is 5.91 Å². The van der Waals surface area contributed by atoms with Crippen LogP contribution in [-0.4, -0.2) is 10.9 Å². The number of carbonyl (C=O) groups is 1. The summed E-state index contributed by atoms with van der Waals surface area (Å²) in [5.74, 6) is -0.188. The molecule has 4 N–H and O–H groups in total. The number of carbonyl (C=O) groups excluding carboxylic acids is 1. The first-order valence-electron chi connectivity index (χ1n) is 6.07. The van der Waals surface area contributed by atoms with Crippen LogP contribution in [0.3, 0.4) is 0 Å². The molecular formula is C15H12BrN3O. The van der Waals surface area contributed by atoms with E-state index in [0.717, 1.165) is 21.1 Å². The Morgan fingerprint density at radius 1 is 1.15 bits per heavy atom. The Morgan fingerprint density at radius 2 is 1.95 bits per heavy atom. The summed E-state index contributed by atoms with van der Waals surface area (Å²) >= 11 is 3.40. The van der Waals surface area contributed by atoms with Crippen LogP contribution in [0.1, 0.15) is 10.5 Å². The van der Waals surface area contributed by atoms with Gasteiger partial charge in [-0.1, -0.05) is 12.1 Å². The maximum absolute atomic E-state index is 12.2. The lowest BCUT2D eigenvalue weighted by Crippen LogP contribution is -2.12. The van der Waals surface area contributed by atoms with Crippen LogP contribution in [0.4, 0.5) is 11.4 Å². The number of para-hydroxylation sites is 1. The van der Waals surface area contributed by atoms with Gasteiger partial charge in [-0.3, -0.25) is 4.79 Å². The van der Waals surface area contributed by atoms with E-state index in [1.807, 2.05) is 36.4 Å². The van der Waals surface area contributed by atoms with Crippen LogP contribution >= 0.6 is 15.9 Å². The SMILES string of the molecule is Nc1ccc2[nH]c(C(=O)Nc3ccccc3Br)cc2c1. The van der Waals surface area contributed by atoms with E-state index in [4.69, 9.17) is 5.73 Å². The first kappa shape index (κ1) is 12.7. The molecule has 0 radical (unpaired) electrons. The molecule has 0 aliphatic rings. The zero-order valence-corrected chi connectivity index (χ0v) is 12.1. The van der Waals surface area contributed by atoms with E-state index in [-0.39, 0.29) is 5.91 Å². The maximum atomic E-state index is 12.2. The fourth-order valence-corrected chi connectivity index (χ4v) is 2.41. The molecule has 0 saturated carbocycles. The largest absolute Gasteiger partial charge is 0.399 e. The molecular weight excluding hydrogens is 318 g/mol. The molecule has 2 aromatic carbocycles. The Labute approximate surface area is 124 Å². The van der Waals surface area contributed by atoms with Crippen molar-refractivity contribution in [3.63, 3.8) is 0 Å². The Morgan fingerprint density at radius 3 is 2.75 bits per heavy atom. The van der Waals surface area contributed by atoms with Crippen molar-refractivity contribution in [1.29, 1.82) is 0 Å². The van der Waals surface area contributed by atoms with Crippen molar-refractivity contribution in [1.82, 2.24) is 4.98 Å². The van der Waals surface area contributed by atoms with Crippen molar-refractivity contribution in [2.75, 3.05) is 11.1 Å². The molecule has 0 aliphatic heterocycles. The molecule has 0 aliphatic carbocycles. The Hall–Kier alpha value is -2.27. The predicted molar refractivity (Wildman–Crippen MR) is 84.8 cm³/mol. The van der Waals surface area contributed by atoms with Gasteiger partial charge in [-0.05, 0) is 52.3 Å². The Kier molecular flexibility index (Phi) is 3.20. The van der Waals surface area contributed by atoms with Crippen molar-refractivity contribution in [2.24, 2.45) is 0 Å². The van der Waals surface area contributed by atoms with Crippen molar-refractivity contribution >= 4 is 44.1 Å². The van der Waals surface area contributed by atoms with Crippen LogP contribution in [0.25, 0.3) is 10.9 Å². The molecule has 0 atom stereocenters. The first-order chi connectivity index (χ1) is 9.63. The minimum Gasteiger partial charge on any atom is -0.399 e. The van der Waals surface area contributed by atoms with Crippen molar-refractivity contribution in [3.05, 3.63) is 58.7 Å². The highest BCUT2D eigenvalue weighted by Gasteiger charge is 2.11. The lowest BCUT2D eigenvalue weighted by Gasteiger charge is -2.05. The Bertz CT molecular complexity index is 795. The van der Waals surface area contributed by atoms with E-state index < -0.39 is 0 Å². The van der Waals surface area contributed by atoms with Gasteiger partial charge in [-0.25, -0.2) is 0 Å². The molecule has 1 amide bonds. The third-order valence-electron chi connectivity index (χ3n) is 3.01. The van der Waals surface area contributed by atoms with Crippen LogP contribution < -0.4 is 11.1 Å². The second-order valence-corrected chi connectivity index (χ2v) is 5.32. The third-order valence-corrected chi connectivity index (χ3v) is 3.70. The van der Waals surface area contributed by atoms with Crippen LogP contribution in [0, 0.1) is 0 Å². The minimum absolute atomic E-state index is 0.188. The highest BCUT2D eigenvalue weighted by molar-refractivity contribution is 9.10. The summed E-state index contributed by atoms with van der Waals surface area (Å²) in [6, 6.07) is 14.8. The van der Waals surface area contributed by atoms with Crippen molar-refractivity contribution < 1.29 is 4.79 Å². The van der Waals surface area contributed by atoms with Gasteiger partial charge in [-0.2, -0.15) is 0 Å². The molecule has 5 heteroatoms. The van der Waals surface area contributed by atoms with Gasteiger partial charge in [0.1, 0.15) is 5.69 Å². The summed E-state index contributed by atoms with van der Waals surface area (Å²) in [6.45, 7) is 0. The molecule has 100 valence electrons. The van der Waals surface area contributed by atoms with Crippen LogP contribution in [0.5, 0.6) is 0 Å². The number of amides is 1. The number of nitrogens with two attached hydrogens (primary N) is 1. The van der Waals surface area contributed by atoms with Gasteiger partial charge < -0.3 is 16.0 Å². The van der Waals surface area contributed by atoms with Crippen molar-refractivity contribution in [3.8, 4) is 0 Å². The minimum atomic E-state index is -0.188. The molecule has 0 unspecified atom stereocenters. The van der Waals surface area contributed by atoms with Gasteiger partial charge in [0.15, 0.2) is 0 Å². The molecule has 20 heavy (non-hydrogen) atoms. The maximum Gasteiger partial charge on any atom is 0.272 e. The molecule has 0 bridgehead atoms. The fraction of sp³-hybridized carbons (Fsp3) is 0. The summed E-state index contributed by atoms with van der Waals surface area (Å²) in [4.78, 5) is 15.3. The van der Waals surface area contributed by atoms with E-state index in [1.165, 1.54) is 0 Å². The number of benzene rings is 2. The molecule has 1 aromatic heterocycles. The van der Waals surface area contributed by atoms with Gasteiger partial charge in [0.2, 0.25) is 0 Å². The molecule has 3 aromatic rings. The number of fused-ring (bicyclic) bond motifs is 1. The summed E-state index contributed by atoms with van der Waals surface area (Å²) in [6.07, 6.45) is 0. The number of halogens is 1. The summed E-state index contributed by atoms with van der Waals surface area (Å²) in [5, 5.41) is 3.77. The number of nitrogens with one attached hydrogen (secondary N) is 2. The molecule has 0 fully saturated rings. The number of aromatic amines is 1. The average Bonchev–Trinajstić information content (AvgIpc) is 2.84. The number of hydrogen-bond acceptors (Lipinski definition) is 2. The highest BCUT2D eigenvalue weighted by Crippen LogP contribution is 2.23. The summed E-state index contributed by atoms with van der Waals surface area (Å²) in [5.41, 5.74) is 8.53. The normalized spacial score (nSPS) is 10.7. The number of rotatable bonds is 2. The molecule has 4 nitrogen and oxygen atoms in total. The highest BCUT2D eigenvalue weighted by atomic mass is 79.9. The quantitative estimate of drug-likeness (QED) is 0.626. The van der Waals surface area contributed by atoms with E-state index in [2.05, 4.69) is 26.2 Å². The standard InChI is InChI=1S/C15H12BrN3O/c16-11-3-1-2-4-13(11)19-15(20)14-8-9-7-10(17)5-6-12(9)18-14/h1-8,18H,17H2,(H,19,20). The van der Waals surface area contributed by atoms with Gasteiger partial charge in [-0.15, -0.1) is 0 Å². The van der Waals surface area contributed by atoms with Gasteiger partial charge in [0.05, 0.1) is 5.69 Å². The lowest BCUT2D eigenvalue weighted by molar-refractivity contribution is 0.102. The third kappa shape index (κ3) is 2.40. The monoisotopic (exact) mass is 329 g/mol. The number of nitrogen functional groups attached to an aromatic ring is 1. The van der Waals surface area contributed by atoms with E-state index >= 15 is 0 Å². The molecule has 0 saturated heterocycles. The fourth-order valence-electron chi connectivity index (χ4n) is 2.03. The van der Waals surface area contributed by atoms with E-state index in [0.29, 0.717) is 11.4 Å². The van der Waals surface area contributed by atoms with Crippen LogP contribution in [0.2, 0.25) is 0 Å². The molecule has 0 spiro atoms. The summed E-state index contributed by atoms with van der Waals surface area (Å²) < 4.78 is 0.841. The average molecular weight is 330 g/mol. The number of aromatic nitrogens is 1. The molecule has 1 heterocycles.